The van der Waals surface area contributed by atoms with Crippen molar-refractivity contribution in [2.24, 2.45) is 0 Å². The molecule has 0 spiro atoms. The first-order chi connectivity index (χ1) is 8.72. The van der Waals surface area contributed by atoms with Crippen LogP contribution in [-0.2, 0) is 11.3 Å². The first-order valence-electron chi connectivity index (χ1n) is 6.32. The van der Waals surface area contributed by atoms with Gasteiger partial charge in [0.25, 0.3) is 0 Å². The minimum atomic E-state index is 0.0477. The lowest BCUT2D eigenvalue weighted by molar-refractivity contribution is -0.118. The van der Waals surface area contributed by atoms with E-state index in [1.165, 1.54) is 0 Å². The number of pyridine rings is 1. The van der Waals surface area contributed by atoms with E-state index in [2.05, 4.69) is 0 Å². The topological polar surface area (TPSA) is 39.1 Å². The summed E-state index contributed by atoms with van der Waals surface area (Å²) in [6.45, 7) is 2.66. The van der Waals surface area contributed by atoms with E-state index in [9.17, 15) is 9.59 Å². The summed E-state index contributed by atoms with van der Waals surface area (Å²) in [7, 11) is 0. The number of fused-ring (bicyclic) bond motifs is 1. The van der Waals surface area contributed by atoms with E-state index in [-0.39, 0.29) is 5.43 Å². The van der Waals surface area contributed by atoms with Crippen LogP contribution in [0.25, 0.3) is 10.9 Å². The molecule has 0 bridgehead atoms. The number of para-hydroxylation sites is 1. The van der Waals surface area contributed by atoms with Gasteiger partial charge in [0.1, 0.15) is 5.78 Å². The Labute approximate surface area is 106 Å². The Morgan fingerprint density at radius 1 is 1.22 bits per heavy atom. The van der Waals surface area contributed by atoms with Crippen molar-refractivity contribution >= 4 is 16.7 Å². The molecule has 0 saturated carbocycles. The van der Waals surface area contributed by atoms with Crippen molar-refractivity contribution in [1.29, 1.82) is 0 Å². The van der Waals surface area contributed by atoms with E-state index in [1.54, 1.807) is 12.3 Å². The van der Waals surface area contributed by atoms with Crippen molar-refractivity contribution in [2.45, 2.75) is 32.7 Å². The summed E-state index contributed by atoms with van der Waals surface area (Å²) in [5, 5.41) is 0.738. The number of ketones is 1. The molecule has 2 aromatic rings. The van der Waals surface area contributed by atoms with Crippen LogP contribution in [0.2, 0.25) is 0 Å². The van der Waals surface area contributed by atoms with E-state index < -0.39 is 0 Å². The van der Waals surface area contributed by atoms with Crippen LogP contribution in [-0.4, -0.2) is 10.4 Å². The van der Waals surface area contributed by atoms with Gasteiger partial charge in [0, 0.05) is 37.0 Å². The summed E-state index contributed by atoms with van der Waals surface area (Å²) < 4.78 is 2.04. The molecule has 3 nitrogen and oxygen atoms in total. The number of aryl methyl sites for hydroxylation is 1. The highest BCUT2D eigenvalue weighted by Gasteiger charge is 2.03. The molecule has 0 atom stereocenters. The van der Waals surface area contributed by atoms with E-state index >= 15 is 0 Å². The number of nitrogens with zero attached hydrogens (tertiary/aromatic N) is 1. The molecule has 18 heavy (non-hydrogen) atoms. The summed E-state index contributed by atoms with van der Waals surface area (Å²) >= 11 is 0. The lowest BCUT2D eigenvalue weighted by Gasteiger charge is -2.09. The zero-order valence-corrected chi connectivity index (χ0v) is 10.6. The van der Waals surface area contributed by atoms with Gasteiger partial charge in [-0.15, -0.1) is 0 Å². The van der Waals surface area contributed by atoms with Crippen LogP contribution in [0.5, 0.6) is 0 Å². The number of Topliss-reactive ketones (excluding diaryl/α,β-unsaturated/α-hetero) is 1. The molecule has 0 aliphatic carbocycles. The molecule has 0 fully saturated rings. The highest BCUT2D eigenvalue weighted by atomic mass is 16.1. The third kappa shape index (κ3) is 2.67. The number of aromatic nitrogens is 1. The average molecular weight is 243 g/mol. The molecule has 0 aliphatic heterocycles. The van der Waals surface area contributed by atoms with Crippen molar-refractivity contribution < 1.29 is 4.79 Å². The highest BCUT2D eigenvalue weighted by Crippen LogP contribution is 2.10. The fourth-order valence-corrected chi connectivity index (χ4v) is 2.08. The Bertz CT molecular complexity index is 613. The molecule has 0 amide bonds. The number of rotatable bonds is 5. The molecule has 0 radical (unpaired) electrons. The van der Waals surface area contributed by atoms with Crippen molar-refractivity contribution in [2.75, 3.05) is 0 Å². The summed E-state index contributed by atoms with van der Waals surface area (Å²) in [4.78, 5) is 23.0. The Balaban J connectivity index is 2.21. The predicted molar refractivity (Wildman–Crippen MR) is 72.7 cm³/mol. The molecular weight excluding hydrogens is 226 g/mol. The van der Waals surface area contributed by atoms with E-state index in [1.807, 2.05) is 35.8 Å². The molecule has 1 heterocycles. The predicted octanol–water partition coefficient (Wildman–Crippen LogP) is 2.76. The second-order valence-corrected chi connectivity index (χ2v) is 4.39. The maximum Gasteiger partial charge on any atom is 0.189 e. The molecule has 94 valence electrons. The van der Waals surface area contributed by atoms with Gasteiger partial charge in [0.2, 0.25) is 0 Å². The highest BCUT2D eigenvalue weighted by molar-refractivity contribution is 5.79. The van der Waals surface area contributed by atoms with Gasteiger partial charge < -0.3 is 4.57 Å². The second-order valence-electron chi connectivity index (χ2n) is 4.39. The number of benzene rings is 1. The fourth-order valence-electron chi connectivity index (χ4n) is 2.08. The Hall–Kier alpha value is -1.90. The molecule has 1 aromatic heterocycles. The summed E-state index contributed by atoms with van der Waals surface area (Å²) in [5.41, 5.74) is 0.987. The van der Waals surface area contributed by atoms with E-state index in [0.717, 1.165) is 23.9 Å². The first kappa shape index (κ1) is 12.6. The van der Waals surface area contributed by atoms with Gasteiger partial charge in [-0.1, -0.05) is 19.1 Å². The van der Waals surface area contributed by atoms with Crippen LogP contribution in [0.4, 0.5) is 0 Å². The number of hydrogen-bond donors (Lipinski definition) is 0. The third-order valence-corrected chi connectivity index (χ3v) is 3.13. The summed E-state index contributed by atoms with van der Waals surface area (Å²) in [5.74, 6) is 0.292. The Morgan fingerprint density at radius 2 is 2.00 bits per heavy atom. The summed E-state index contributed by atoms with van der Waals surface area (Å²) in [6, 6.07) is 9.16. The molecule has 2 rings (SSSR count). The normalized spacial score (nSPS) is 10.7. The van der Waals surface area contributed by atoms with Crippen molar-refractivity contribution in [1.82, 2.24) is 4.57 Å². The maximum atomic E-state index is 11.7. The fraction of sp³-hybridized carbons (Fsp3) is 0.333. The van der Waals surface area contributed by atoms with Gasteiger partial charge in [0.15, 0.2) is 5.43 Å². The largest absolute Gasteiger partial charge is 0.347 e. The van der Waals surface area contributed by atoms with Gasteiger partial charge in [0.05, 0.1) is 5.52 Å². The lowest BCUT2D eigenvalue weighted by Crippen LogP contribution is -2.09. The number of hydrogen-bond acceptors (Lipinski definition) is 2. The lowest BCUT2D eigenvalue weighted by atomic mass is 10.1. The van der Waals surface area contributed by atoms with Gasteiger partial charge in [-0.05, 0) is 18.6 Å². The zero-order chi connectivity index (χ0) is 13.0. The maximum absolute atomic E-state index is 11.7. The third-order valence-electron chi connectivity index (χ3n) is 3.13. The molecule has 0 aliphatic rings. The Morgan fingerprint density at radius 3 is 2.78 bits per heavy atom. The van der Waals surface area contributed by atoms with E-state index in [0.29, 0.717) is 18.6 Å². The van der Waals surface area contributed by atoms with Gasteiger partial charge in [-0.2, -0.15) is 0 Å². The Kier molecular flexibility index (Phi) is 3.92. The first-order valence-corrected chi connectivity index (χ1v) is 6.32. The average Bonchev–Trinajstić information content (AvgIpc) is 2.41. The van der Waals surface area contributed by atoms with E-state index in [4.69, 9.17) is 0 Å². The number of carbonyl (C=O) groups is 1. The van der Waals surface area contributed by atoms with Crippen molar-refractivity contribution in [3.8, 4) is 0 Å². The second kappa shape index (κ2) is 5.63. The van der Waals surface area contributed by atoms with Crippen LogP contribution < -0.4 is 5.43 Å². The minimum absolute atomic E-state index is 0.0477. The van der Waals surface area contributed by atoms with Gasteiger partial charge in [-0.25, -0.2) is 0 Å². The van der Waals surface area contributed by atoms with Crippen molar-refractivity contribution in [3.63, 3.8) is 0 Å². The molecule has 3 heteroatoms. The number of carbonyl (C=O) groups excluding carboxylic acids is 1. The monoisotopic (exact) mass is 243 g/mol. The standard InChI is InChI=1S/C15H17NO2/c1-2-12(17)6-5-10-16-11-9-15(18)13-7-3-4-8-14(13)16/h3-4,7-9,11H,2,5-6,10H2,1H3. The van der Waals surface area contributed by atoms with Gasteiger partial charge >= 0.3 is 0 Å². The van der Waals surface area contributed by atoms with Gasteiger partial charge in [-0.3, -0.25) is 9.59 Å². The van der Waals surface area contributed by atoms with Crippen LogP contribution in [0.3, 0.4) is 0 Å². The van der Waals surface area contributed by atoms with Crippen LogP contribution in [0, 0.1) is 0 Å². The summed E-state index contributed by atoms with van der Waals surface area (Å²) in [6.07, 6.45) is 3.84. The SMILES string of the molecule is CCC(=O)CCCn1ccc(=O)c2ccccc21. The smallest absolute Gasteiger partial charge is 0.189 e. The zero-order valence-electron chi connectivity index (χ0n) is 10.6. The quantitative estimate of drug-likeness (QED) is 0.810. The van der Waals surface area contributed by atoms with Crippen LogP contribution >= 0.6 is 0 Å². The molecule has 0 unspecified atom stereocenters. The van der Waals surface area contributed by atoms with Crippen molar-refractivity contribution in [3.05, 3.63) is 46.8 Å². The molecule has 0 N–H and O–H groups in total. The molecular formula is C15H17NO2. The van der Waals surface area contributed by atoms with Crippen LogP contribution in [0.15, 0.2) is 41.3 Å². The van der Waals surface area contributed by atoms with Crippen LogP contribution in [0.1, 0.15) is 26.2 Å². The molecule has 0 saturated heterocycles. The minimum Gasteiger partial charge on any atom is -0.347 e. The molecule has 1 aromatic carbocycles.